The molecular weight excluding hydrogens is 361 g/mol. The van der Waals surface area contributed by atoms with Crippen LogP contribution >= 0.6 is 0 Å². The minimum Gasteiger partial charge on any atom is -0.379 e. The molecule has 0 saturated heterocycles. The topological polar surface area (TPSA) is 22.1 Å². The number of benzene rings is 1. The SMILES string of the molecule is C=CCc1ccc(-c2ccc(/C=C/CCCC(C)OCCCCC)nc2)cc1F. The standard InChI is InChI=1S/C26H34FNO/c1-4-6-10-18-29-21(3)12-8-7-9-13-25-17-16-24(20-28-25)23-15-14-22(11-5-2)26(27)19-23/h5,9,13-17,19-21H,2,4,6-8,10-12,18H2,1,3H3/b13-9+. The van der Waals surface area contributed by atoms with Crippen LogP contribution < -0.4 is 0 Å². The largest absolute Gasteiger partial charge is 0.379 e. The van der Waals surface area contributed by atoms with Gasteiger partial charge in [0.15, 0.2) is 0 Å². The van der Waals surface area contributed by atoms with Crippen LogP contribution in [-0.4, -0.2) is 17.7 Å². The highest BCUT2D eigenvalue weighted by atomic mass is 19.1. The molecule has 0 spiro atoms. The first-order valence-corrected chi connectivity index (χ1v) is 10.8. The fraction of sp³-hybridized carbons (Fsp3) is 0.423. The summed E-state index contributed by atoms with van der Waals surface area (Å²) in [6, 6.07) is 9.27. The Morgan fingerprint density at radius 1 is 1.14 bits per heavy atom. The third-order valence-electron chi connectivity index (χ3n) is 4.96. The summed E-state index contributed by atoms with van der Waals surface area (Å²) in [7, 11) is 0. The molecule has 0 fully saturated rings. The number of halogens is 1. The normalized spacial score (nSPS) is 12.4. The number of hydrogen-bond acceptors (Lipinski definition) is 2. The predicted molar refractivity (Wildman–Crippen MR) is 121 cm³/mol. The van der Waals surface area contributed by atoms with Crippen LogP contribution in [0.1, 0.15) is 63.6 Å². The fourth-order valence-corrected chi connectivity index (χ4v) is 3.17. The molecule has 1 heterocycles. The van der Waals surface area contributed by atoms with Crippen molar-refractivity contribution in [1.29, 1.82) is 0 Å². The van der Waals surface area contributed by atoms with Crippen molar-refractivity contribution in [2.24, 2.45) is 0 Å². The lowest BCUT2D eigenvalue weighted by Gasteiger charge is -2.11. The van der Waals surface area contributed by atoms with E-state index in [2.05, 4.69) is 31.5 Å². The molecular formula is C26H34FNO. The van der Waals surface area contributed by atoms with Crippen molar-refractivity contribution in [3.05, 3.63) is 72.3 Å². The zero-order valence-corrected chi connectivity index (χ0v) is 17.9. The maximum Gasteiger partial charge on any atom is 0.127 e. The predicted octanol–water partition coefficient (Wildman–Crippen LogP) is 7.40. The smallest absolute Gasteiger partial charge is 0.127 e. The van der Waals surface area contributed by atoms with Crippen LogP contribution in [0, 0.1) is 5.82 Å². The van der Waals surface area contributed by atoms with E-state index in [9.17, 15) is 4.39 Å². The molecule has 1 aromatic heterocycles. The van der Waals surface area contributed by atoms with Crippen molar-refractivity contribution in [2.45, 2.75) is 64.9 Å². The quantitative estimate of drug-likeness (QED) is 0.260. The first kappa shape index (κ1) is 23.0. The van der Waals surface area contributed by atoms with Gasteiger partial charge in [-0.1, -0.05) is 50.1 Å². The van der Waals surface area contributed by atoms with E-state index in [4.69, 9.17) is 4.74 Å². The van der Waals surface area contributed by atoms with Crippen molar-refractivity contribution in [1.82, 2.24) is 4.98 Å². The Kier molecular flexibility index (Phi) is 10.4. The second kappa shape index (κ2) is 13.1. The molecule has 0 N–H and O–H groups in total. The molecule has 0 aliphatic rings. The average molecular weight is 396 g/mol. The number of nitrogens with zero attached hydrogens (tertiary/aromatic N) is 1. The highest BCUT2D eigenvalue weighted by Gasteiger charge is 2.05. The lowest BCUT2D eigenvalue weighted by molar-refractivity contribution is 0.0566. The van der Waals surface area contributed by atoms with E-state index in [1.165, 1.54) is 12.8 Å². The number of aromatic nitrogens is 1. The van der Waals surface area contributed by atoms with E-state index in [1.54, 1.807) is 18.3 Å². The molecule has 0 amide bonds. The van der Waals surface area contributed by atoms with Gasteiger partial charge in [0.05, 0.1) is 11.8 Å². The third kappa shape index (κ3) is 8.33. The van der Waals surface area contributed by atoms with Gasteiger partial charge in [0.2, 0.25) is 0 Å². The number of rotatable bonds is 13. The summed E-state index contributed by atoms with van der Waals surface area (Å²) >= 11 is 0. The van der Waals surface area contributed by atoms with Crippen LogP contribution in [0.3, 0.4) is 0 Å². The molecule has 2 nitrogen and oxygen atoms in total. The van der Waals surface area contributed by atoms with Crippen LogP contribution in [0.4, 0.5) is 4.39 Å². The molecule has 2 aromatic rings. The highest BCUT2D eigenvalue weighted by Crippen LogP contribution is 2.22. The van der Waals surface area contributed by atoms with Crippen molar-refractivity contribution in [3.63, 3.8) is 0 Å². The van der Waals surface area contributed by atoms with Crippen molar-refractivity contribution in [2.75, 3.05) is 6.61 Å². The Labute approximate surface area is 175 Å². The zero-order chi connectivity index (χ0) is 20.9. The van der Waals surface area contributed by atoms with Gasteiger partial charge in [0.1, 0.15) is 5.82 Å². The van der Waals surface area contributed by atoms with Gasteiger partial charge < -0.3 is 4.74 Å². The molecule has 0 saturated carbocycles. The minimum atomic E-state index is -0.199. The van der Waals surface area contributed by atoms with Gasteiger partial charge in [0.25, 0.3) is 0 Å². The minimum absolute atomic E-state index is 0.199. The number of allylic oxidation sites excluding steroid dienone is 2. The van der Waals surface area contributed by atoms with Crippen LogP contribution in [0.2, 0.25) is 0 Å². The Bertz CT molecular complexity index is 767. The molecule has 1 unspecified atom stereocenters. The molecule has 29 heavy (non-hydrogen) atoms. The van der Waals surface area contributed by atoms with Gasteiger partial charge in [-0.3, -0.25) is 4.98 Å². The van der Waals surface area contributed by atoms with Gasteiger partial charge in [-0.15, -0.1) is 6.58 Å². The lowest BCUT2D eigenvalue weighted by atomic mass is 10.0. The molecule has 0 aliphatic heterocycles. The molecule has 2 rings (SSSR count). The number of ether oxygens (including phenoxy) is 1. The second-order valence-corrected chi connectivity index (χ2v) is 7.49. The van der Waals surface area contributed by atoms with E-state index in [-0.39, 0.29) is 5.82 Å². The summed E-state index contributed by atoms with van der Waals surface area (Å²) in [5, 5.41) is 0. The summed E-state index contributed by atoms with van der Waals surface area (Å²) in [4.78, 5) is 4.48. The third-order valence-corrected chi connectivity index (χ3v) is 4.96. The second-order valence-electron chi connectivity index (χ2n) is 7.49. The maximum absolute atomic E-state index is 14.1. The van der Waals surface area contributed by atoms with E-state index in [0.29, 0.717) is 18.1 Å². The first-order valence-electron chi connectivity index (χ1n) is 10.8. The summed E-state index contributed by atoms with van der Waals surface area (Å²) in [6.07, 6.45) is 15.4. The molecule has 1 aromatic carbocycles. The molecule has 0 bridgehead atoms. The van der Waals surface area contributed by atoms with Crippen LogP contribution in [0.25, 0.3) is 17.2 Å². The van der Waals surface area contributed by atoms with Crippen LogP contribution in [0.15, 0.2) is 55.3 Å². The number of unbranched alkanes of at least 4 members (excludes halogenated alkanes) is 3. The van der Waals surface area contributed by atoms with Gasteiger partial charge in [-0.05, 0) is 68.4 Å². The van der Waals surface area contributed by atoms with Gasteiger partial charge >= 0.3 is 0 Å². The Morgan fingerprint density at radius 2 is 1.97 bits per heavy atom. The summed E-state index contributed by atoms with van der Waals surface area (Å²) in [6.45, 7) is 8.90. The van der Waals surface area contributed by atoms with Gasteiger partial charge in [-0.2, -0.15) is 0 Å². The van der Waals surface area contributed by atoms with Gasteiger partial charge in [-0.25, -0.2) is 4.39 Å². The van der Waals surface area contributed by atoms with E-state index < -0.39 is 0 Å². The number of hydrogen-bond donors (Lipinski definition) is 0. The zero-order valence-electron chi connectivity index (χ0n) is 17.9. The average Bonchev–Trinajstić information content (AvgIpc) is 2.73. The monoisotopic (exact) mass is 395 g/mol. The van der Waals surface area contributed by atoms with Crippen molar-refractivity contribution >= 4 is 6.08 Å². The maximum atomic E-state index is 14.1. The van der Waals surface area contributed by atoms with Crippen LogP contribution in [-0.2, 0) is 11.2 Å². The highest BCUT2D eigenvalue weighted by molar-refractivity contribution is 5.64. The Balaban J connectivity index is 1.77. The summed E-state index contributed by atoms with van der Waals surface area (Å²) in [5.41, 5.74) is 3.34. The van der Waals surface area contributed by atoms with E-state index >= 15 is 0 Å². The summed E-state index contributed by atoms with van der Waals surface area (Å²) in [5.74, 6) is -0.199. The molecule has 0 radical (unpaired) electrons. The van der Waals surface area contributed by atoms with E-state index in [1.807, 2.05) is 30.3 Å². The number of pyridine rings is 1. The molecule has 0 aliphatic carbocycles. The van der Waals surface area contributed by atoms with Crippen molar-refractivity contribution in [3.8, 4) is 11.1 Å². The molecule has 156 valence electrons. The van der Waals surface area contributed by atoms with Crippen molar-refractivity contribution < 1.29 is 9.13 Å². The lowest BCUT2D eigenvalue weighted by Crippen LogP contribution is -2.08. The first-order chi connectivity index (χ1) is 14.1. The summed E-state index contributed by atoms with van der Waals surface area (Å²) < 4.78 is 19.9. The Morgan fingerprint density at radius 3 is 2.66 bits per heavy atom. The fourth-order valence-electron chi connectivity index (χ4n) is 3.17. The molecule has 3 heteroatoms. The van der Waals surface area contributed by atoms with Gasteiger partial charge in [0, 0.05) is 18.4 Å². The van der Waals surface area contributed by atoms with E-state index in [0.717, 1.165) is 49.1 Å². The molecule has 1 atom stereocenters. The Hall–Kier alpha value is -2.26. The van der Waals surface area contributed by atoms with Crippen LogP contribution in [0.5, 0.6) is 0 Å².